The van der Waals surface area contributed by atoms with Gasteiger partial charge in [-0.3, -0.25) is 5.32 Å². The number of nitrogens with one attached hydrogen (secondary N) is 1. The lowest BCUT2D eigenvalue weighted by Gasteiger charge is -2.13. The number of carbonyl (C=O) groups is 1. The Labute approximate surface area is 193 Å². The Bertz CT molecular complexity index is 1460. The topological polar surface area (TPSA) is 143 Å². The van der Waals surface area contributed by atoms with Crippen LogP contribution in [-0.4, -0.2) is 64.3 Å². The number of imidazole rings is 1. The van der Waals surface area contributed by atoms with Crippen LogP contribution in [0, 0.1) is 6.92 Å². The van der Waals surface area contributed by atoms with E-state index in [0.717, 1.165) is 16.9 Å². The number of aryl methyl sites for hydroxylation is 1. The van der Waals surface area contributed by atoms with Gasteiger partial charge in [-0.1, -0.05) is 23.5 Å². The molecule has 1 aromatic carbocycles. The molecule has 3 aromatic heterocycles. The Hall–Kier alpha value is -3.58. The Balaban J connectivity index is 1.71. The standard InChI is InChI=1S/C20H21N7O4S2/c1-11-15(18(28)29)32-20(22-11)25-19-23-16(26(2)3)14-17(24-19)27(10-21-14)9-12-5-7-13(8-6-12)33(4,30)31/h5-8,10H,9H2,1-4H3,(H,28,29)(H,22,23,24,25). The van der Waals surface area contributed by atoms with Gasteiger partial charge in [-0.25, -0.2) is 23.2 Å². The van der Waals surface area contributed by atoms with Gasteiger partial charge in [0.25, 0.3) is 0 Å². The van der Waals surface area contributed by atoms with Crippen molar-refractivity contribution in [2.24, 2.45) is 0 Å². The fraction of sp³-hybridized carbons (Fsp3) is 0.250. The highest BCUT2D eigenvalue weighted by Crippen LogP contribution is 2.28. The van der Waals surface area contributed by atoms with Crippen LogP contribution in [0.5, 0.6) is 0 Å². The molecule has 0 atom stereocenters. The molecule has 13 heteroatoms. The highest BCUT2D eigenvalue weighted by Gasteiger charge is 2.18. The fourth-order valence-corrected chi connectivity index (χ4v) is 4.62. The number of anilines is 3. The van der Waals surface area contributed by atoms with Gasteiger partial charge >= 0.3 is 5.97 Å². The van der Waals surface area contributed by atoms with Gasteiger partial charge in [0, 0.05) is 20.4 Å². The Morgan fingerprint density at radius 2 is 1.88 bits per heavy atom. The molecule has 0 unspecified atom stereocenters. The molecule has 172 valence electrons. The summed E-state index contributed by atoms with van der Waals surface area (Å²) in [4.78, 5) is 31.4. The maximum absolute atomic E-state index is 11.7. The second-order valence-electron chi connectivity index (χ2n) is 7.59. The molecule has 2 N–H and O–H groups in total. The summed E-state index contributed by atoms with van der Waals surface area (Å²) < 4.78 is 25.2. The minimum atomic E-state index is -3.27. The van der Waals surface area contributed by atoms with E-state index in [0.29, 0.717) is 34.4 Å². The second kappa shape index (κ2) is 8.41. The van der Waals surface area contributed by atoms with E-state index in [2.05, 4.69) is 25.3 Å². The Kier molecular flexibility index (Phi) is 5.76. The first-order chi connectivity index (χ1) is 15.5. The number of carboxylic acid groups (broad SMARTS) is 1. The molecule has 0 aliphatic heterocycles. The zero-order chi connectivity index (χ0) is 23.9. The highest BCUT2D eigenvalue weighted by atomic mass is 32.2. The zero-order valence-corrected chi connectivity index (χ0v) is 19.9. The number of rotatable bonds is 7. The second-order valence-corrected chi connectivity index (χ2v) is 10.6. The van der Waals surface area contributed by atoms with Gasteiger partial charge in [-0.15, -0.1) is 0 Å². The number of aromatic carboxylic acids is 1. The van der Waals surface area contributed by atoms with Crippen LogP contribution in [0.2, 0.25) is 0 Å². The maximum Gasteiger partial charge on any atom is 0.347 e. The number of hydrogen-bond donors (Lipinski definition) is 2. The first kappa shape index (κ1) is 22.6. The number of hydrogen-bond acceptors (Lipinski definition) is 10. The first-order valence-electron chi connectivity index (χ1n) is 9.70. The molecule has 0 aliphatic rings. The van der Waals surface area contributed by atoms with Gasteiger partial charge in [0.1, 0.15) is 4.88 Å². The molecule has 3 heterocycles. The number of aromatic nitrogens is 5. The fourth-order valence-electron chi connectivity index (χ4n) is 3.20. The van der Waals surface area contributed by atoms with Crippen molar-refractivity contribution in [3.05, 3.63) is 46.7 Å². The van der Waals surface area contributed by atoms with Crippen molar-refractivity contribution < 1.29 is 18.3 Å². The van der Waals surface area contributed by atoms with Gasteiger partial charge in [-0.05, 0) is 24.6 Å². The largest absolute Gasteiger partial charge is 0.477 e. The number of thiazole rings is 1. The molecule has 0 saturated carbocycles. The SMILES string of the molecule is Cc1nc(Nc2nc(N(C)C)c3ncn(Cc4ccc(S(C)(=O)=O)cc4)c3n2)sc1C(=O)O. The Morgan fingerprint density at radius 1 is 1.18 bits per heavy atom. The van der Waals surface area contributed by atoms with Crippen LogP contribution >= 0.6 is 11.3 Å². The van der Waals surface area contributed by atoms with Crippen molar-refractivity contribution in [1.29, 1.82) is 0 Å². The van der Waals surface area contributed by atoms with Gasteiger partial charge < -0.3 is 14.6 Å². The van der Waals surface area contributed by atoms with Crippen LogP contribution in [0.4, 0.5) is 16.9 Å². The Morgan fingerprint density at radius 3 is 2.45 bits per heavy atom. The molecule has 0 radical (unpaired) electrons. The smallest absolute Gasteiger partial charge is 0.347 e. The summed E-state index contributed by atoms with van der Waals surface area (Å²) >= 11 is 1.01. The monoisotopic (exact) mass is 487 g/mol. The number of carboxylic acids is 1. The summed E-state index contributed by atoms with van der Waals surface area (Å²) in [7, 11) is 0.407. The van der Waals surface area contributed by atoms with E-state index in [9.17, 15) is 18.3 Å². The van der Waals surface area contributed by atoms with Crippen LogP contribution in [0.3, 0.4) is 0 Å². The van der Waals surface area contributed by atoms with Crippen LogP contribution in [0.1, 0.15) is 20.9 Å². The average molecular weight is 488 g/mol. The summed E-state index contributed by atoms with van der Waals surface area (Å²) in [5.41, 5.74) is 2.45. The van der Waals surface area contributed by atoms with E-state index in [1.807, 2.05) is 23.6 Å². The number of benzene rings is 1. The van der Waals surface area contributed by atoms with Crippen molar-refractivity contribution >= 4 is 55.2 Å². The lowest BCUT2D eigenvalue weighted by molar-refractivity contribution is 0.0701. The van der Waals surface area contributed by atoms with Crippen molar-refractivity contribution in [2.75, 3.05) is 30.6 Å². The van der Waals surface area contributed by atoms with E-state index in [4.69, 9.17) is 0 Å². The molecule has 0 bridgehead atoms. The van der Waals surface area contributed by atoms with Crippen molar-refractivity contribution in [2.45, 2.75) is 18.4 Å². The quantitative estimate of drug-likeness (QED) is 0.399. The molecule has 0 saturated heterocycles. The van der Waals surface area contributed by atoms with E-state index in [1.165, 1.54) is 6.26 Å². The summed E-state index contributed by atoms with van der Waals surface area (Å²) in [5, 5.41) is 12.6. The van der Waals surface area contributed by atoms with Crippen LogP contribution in [0.15, 0.2) is 35.5 Å². The summed E-state index contributed by atoms with van der Waals surface area (Å²) in [5.74, 6) is -0.199. The van der Waals surface area contributed by atoms with Gasteiger partial charge in [0.05, 0.1) is 23.5 Å². The normalized spacial score (nSPS) is 11.6. The molecule has 0 amide bonds. The lowest BCUT2D eigenvalue weighted by Crippen LogP contribution is -2.13. The predicted molar refractivity (Wildman–Crippen MR) is 125 cm³/mol. The third kappa shape index (κ3) is 4.64. The summed E-state index contributed by atoms with van der Waals surface area (Å²) in [6.45, 7) is 2.05. The third-order valence-electron chi connectivity index (χ3n) is 4.78. The van der Waals surface area contributed by atoms with E-state index in [-0.39, 0.29) is 15.7 Å². The molecule has 11 nitrogen and oxygen atoms in total. The minimum Gasteiger partial charge on any atom is -0.477 e. The summed E-state index contributed by atoms with van der Waals surface area (Å²) in [6, 6.07) is 6.64. The van der Waals surface area contributed by atoms with E-state index >= 15 is 0 Å². The van der Waals surface area contributed by atoms with E-state index < -0.39 is 15.8 Å². The van der Waals surface area contributed by atoms with Crippen molar-refractivity contribution in [3.63, 3.8) is 0 Å². The van der Waals surface area contributed by atoms with Crippen molar-refractivity contribution in [1.82, 2.24) is 24.5 Å². The van der Waals surface area contributed by atoms with Gasteiger partial charge in [0.2, 0.25) is 5.95 Å². The molecule has 4 aromatic rings. The lowest BCUT2D eigenvalue weighted by atomic mass is 10.2. The number of fused-ring (bicyclic) bond motifs is 1. The third-order valence-corrected chi connectivity index (χ3v) is 6.97. The molecule has 33 heavy (non-hydrogen) atoms. The van der Waals surface area contributed by atoms with E-state index in [1.54, 1.807) is 37.5 Å². The molecular weight excluding hydrogens is 466 g/mol. The van der Waals surface area contributed by atoms with Gasteiger partial charge in [-0.2, -0.15) is 9.97 Å². The van der Waals surface area contributed by atoms with Crippen LogP contribution < -0.4 is 10.2 Å². The molecule has 4 rings (SSSR count). The average Bonchev–Trinajstić information content (AvgIpc) is 3.30. The maximum atomic E-state index is 11.7. The zero-order valence-electron chi connectivity index (χ0n) is 18.3. The molecule has 0 aliphatic carbocycles. The summed E-state index contributed by atoms with van der Waals surface area (Å²) in [6.07, 6.45) is 2.82. The first-order valence-corrected chi connectivity index (χ1v) is 12.4. The molecular formula is C20H21N7O4S2. The van der Waals surface area contributed by atoms with Gasteiger partial charge in [0.15, 0.2) is 32.0 Å². The molecule has 0 fully saturated rings. The number of sulfone groups is 1. The van der Waals surface area contributed by atoms with Crippen LogP contribution in [0.25, 0.3) is 11.2 Å². The molecule has 0 spiro atoms. The minimum absolute atomic E-state index is 0.147. The predicted octanol–water partition coefficient (Wildman–Crippen LogP) is 2.55. The van der Waals surface area contributed by atoms with Crippen molar-refractivity contribution in [3.8, 4) is 0 Å². The highest BCUT2D eigenvalue weighted by molar-refractivity contribution is 7.90. The van der Waals surface area contributed by atoms with Crippen LogP contribution in [-0.2, 0) is 16.4 Å². The number of nitrogens with zero attached hydrogens (tertiary/aromatic N) is 6.